The van der Waals surface area contributed by atoms with Crippen LogP contribution in [0, 0.1) is 13.8 Å². The maximum Gasteiger partial charge on any atom is 0.408 e. The first-order valence-electron chi connectivity index (χ1n) is 13.8. The highest BCUT2D eigenvalue weighted by molar-refractivity contribution is 7.98. The van der Waals surface area contributed by atoms with Crippen LogP contribution in [0.15, 0.2) is 18.2 Å². The van der Waals surface area contributed by atoms with E-state index in [1.54, 1.807) is 37.4 Å². The molecular weight excluding hydrogens is 498 g/mol. The molecule has 214 valence electrons. The Bertz CT molecular complexity index is 961. The number of thioether (sulfide) groups is 1. The zero-order chi connectivity index (χ0) is 28.7. The molecule has 1 aliphatic rings. The van der Waals surface area contributed by atoms with Crippen molar-refractivity contribution in [1.29, 1.82) is 0 Å². The number of amides is 3. The molecule has 0 saturated heterocycles. The summed E-state index contributed by atoms with van der Waals surface area (Å²) in [4.78, 5) is 42.8. The molecule has 3 amide bonds. The summed E-state index contributed by atoms with van der Waals surface area (Å²) < 4.78 is 5.48. The summed E-state index contributed by atoms with van der Waals surface area (Å²) in [7, 11) is 0. The van der Waals surface area contributed by atoms with E-state index in [4.69, 9.17) is 4.74 Å². The molecule has 7 nitrogen and oxygen atoms in total. The minimum atomic E-state index is -0.831. The highest BCUT2D eigenvalue weighted by Crippen LogP contribution is 2.33. The summed E-state index contributed by atoms with van der Waals surface area (Å²) in [6.45, 7) is 15.2. The predicted molar refractivity (Wildman–Crippen MR) is 156 cm³/mol. The van der Waals surface area contributed by atoms with Crippen molar-refractivity contribution in [3.05, 3.63) is 34.9 Å². The molecule has 0 radical (unpaired) electrons. The number of aryl methyl sites for hydroxylation is 2. The van der Waals surface area contributed by atoms with Gasteiger partial charge in [-0.05, 0) is 97.8 Å². The third-order valence-electron chi connectivity index (χ3n) is 6.74. The lowest BCUT2D eigenvalue weighted by molar-refractivity contribution is -0.148. The van der Waals surface area contributed by atoms with Crippen LogP contribution in [0.1, 0.15) is 103 Å². The number of nitrogens with one attached hydrogen (secondary N) is 2. The summed E-state index contributed by atoms with van der Waals surface area (Å²) in [5.41, 5.74) is 1.46. The molecule has 2 rings (SSSR count). The van der Waals surface area contributed by atoms with Crippen molar-refractivity contribution in [2.24, 2.45) is 0 Å². The average molecular weight is 548 g/mol. The quantitative estimate of drug-likeness (QED) is 0.392. The first-order chi connectivity index (χ1) is 17.6. The third kappa shape index (κ3) is 9.51. The second kappa shape index (κ2) is 13.7. The molecule has 2 atom stereocenters. The van der Waals surface area contributed by atoms with Crippen LogP contribution in [-0.2, 0) is 14.3 Å². The van der Waals surface area contributed by atoms with Crippen molar-refractivity contribution in [2.75, 3.05) is 12.0 Å². The van der Waals surface area contributed by atoms with Crippen molar-refractivity contribution in [2.45, 2.75) is 123 Å². The van der Waals surface area contributed by atoms with Gasteiger partial charge in [0.25, 0.3) is 0 Å². The summed E-state index contributed by atoms with van der Waals surface area (Å²) >= 11 is 1.60. The average Bonchev–Trinajstić information content (AvgIpc) is 2.79. The lowest BCUT2D eigenvalue weighted by Crippen LogP contribution is -2.59. The van der Waals surface area contributed by atoms with Crippen molar-refractivity contribution in [1.82, 2.24) is 15.5 Å². The smallest absolute Gasteiger partial charge is 0.408 e. The van der Waals surface area contributed by atoms with E-state index in [1.807, 2.05) is 59.1 Å². The lowest BCUT2D eigenvalue weighted by atomic mass is 9.90. The van der Waals surface area contributed by atoms with Gasteiger partial charge in [-0.2, -0.15) is 11.8 Å². The Morgan fingerprint density at radius 1 is 1.05 bits per heavy atom. The van der Waals surface area contributed by atoms with E-state index in [0.29, 0.717) is 12.2 Å². The Labute approximate surface area is 234 Å². The number of ether oxygens (including phenoxy) is 1. The minimum absolute atomic E-state index is 0.105. The highest BCUT2D eigenvalue weighted by atomic mass is 32.2. The van der Waals surface area contributed by atoms with Crippen LogP contribution in [0.25, 0.3) is 0 Å². The Kier molecular flexibility index (Phi) is 11.6. The molecule has 38 heavy (non-hydrogen) atoms. The molecule has 8 heteroatoms. The third-order valence-corrected chi connectivity index (χ3v) is 7.38. The van der Waals surface area contributed by atoms with Gasteiger partial charge < -0.3 is 20.3 Å². The van der Waals surface area contributed by atoms with Gasteiger partial charge in [-0.15, -0.1) is 0 Å². The van der Waals surface area contributed by atoms with Gasteiger partial charge in [-0.3, -0.25) is 9.59 Å². The number of carbonyl (C=O) groups excluding carboxylic acids is 3. The number of alkyl carbamates (subject to hydrolysis) is 1. The van der Waals surface area contributed by atoms with Crippen LogP contribution in [0.4, 0.5) is 4.79 Å². The summed E-state index contributed by atoms with van der Waals surface area (Å²) in [5.74, 6) is 0.210. The topological polar surface area (TPSA) is 87.7 Å². The van der Waals surface area contributed by atoms with Crippen molar-refractivity contribution in [3.63, 3.8) is 0 Å². The minimum Gasteiger partial charge on any atom is -0.444 e. The molecule has 1 saturated carbocycles. The van der Waals surface area contributed by atoms with E-state index >= 15 is 0 Å². The van der Waals surface area contributed by atoms with Crippen LogP contribution < -0.4 is 10.6 Å². The standard InChI is InChI=1S/C30H49N3O4S/c1-20-15-16-23(21(2)19-20)25(26(34)31-22-13-11-10-12-14-22)33(29(3,4)5)27(35)24(17-18-38-9)32-28(36)37-30(6,7)8/h15-16,19,22,24-25H,10-14,17-18H2,1-9H3,(H,31,34)(H,32,36). The van der Waals surface area contributed by atoms with Crippen LogP contribution in [0.2, 0.25) is 0 Å². The van der Waals surface area contributed by atoms with E-state index in [1.165, 1.54) is 6.42 Å². The fourth-order valence-corrected chi connectivity index (χ4v) is 5.48. The van der Waals surface area contributed by atoms with E-state index in [0.717, 1.165) is 42.4 Å². The van der Waals surface area contributed by atoms with Gasteiger partial charge in [0.15, 0.2) is 0 Å². The SMILES string of the molecule is CSCCC(NC(=O)OC(C)(C)C)C(=O)N(C(C(=O)NC1CCCCC1)c1ccc(C)cc1C)C(C)(C)C. The number of carbonyl (C=O) groups is 3. The molecule has 1 aromatic carbocycles. The van der Waals surface area contributed by atoms with Gasteiger partial charge in [0, 0.05) is 11.6 Å². The normalized spacial score (nSPS) is 16.3. The molecule has 2 N–H and O–H groups in total. The number of nitrogens with zero attached hydrogens (tertiary/aromatic N) is 1. The molecule has 0 bridgehead atoms. The molecular formula is C30H49N3O4S. The maximum atomic E-state index is 14.4. The van der Waals surface area contributed by atoms with Crippen molar-refractivity contribution in [3.8, 4) is 0 Å². The van der Waals surface area contributed by atoms with E-state index in [9.17, 15) is 14.4 Å². The Morgan fingerprint density at radius 3 is 2.21 bits per heavy atom. The highest BCUT2D eigenvalue weighted by Gasteiger charge is 2.42. The second-order valence-corrected chi connectivity index (χ2v) is 13.5. The van der Waals surface area contributed by atoms with Gasteiger partial charge in [0.05, 0.1) is 0 Å². The fourth-order valence-electron chi connectivity index (χ4n) is 5.01. The number of hydrogen-bond acceptors (Lipinski definition) is 5. The first kappa shape index (κ1) is 32.0. The summed E-state index contributed by atoms with van der Waals surface area (Å²) in [6, 6.07) is 4.44. The van der Waals surface area contributed by atoms with E-state index in [-0.39, 0.29) is 17.9 Å². The molecule has 1 fully saturated rings. The summed E-state index contributed by atoms with van der Waals surface area (Å²) in [5, 5.41) is 6.09. The fraction of sp³-hybridized carbons (Fsp3) is 0.700. The zero-order valence-corrected chi connectivity index (χ0v) is 25.7. The molecule has 0 aliphatic heterocycles. The molecule has 1 aromatic rings. The van der Waals surface area contributed by atoms with Crippen molar-refractivity contribution >= 4 is 29.7 Å². The summed E-state index contributed by atoms with van der Waals surface area (Å²) in [6.07, 6.45) is 7.03. The monoisotopic (exact) mass is 547 g/mol. The Balaban J connectivity index is 2.54. The number of hydrogen-bond donors (Lipinski definition) is 2. The lowest BCUT2D eigenvalue weighted by Gasteiger charge is -2.44. The molecule has 0 heterocycles. The van der Waals surface area contributed by atoms with Crippen LogP contribution >= 0.6 is 11.8 Å². The van der Waals surface area contributed by atoms with Crippen molar-refractivity contribution < 1.29 is 19.1 Å². The molecule has 1 aliphatic carbocycles. The molecule has 2 unspecified atom stereocenters. The van der Waals surface area contributed by atoms with Gasteiger partial charge in [0.2, 0.25) is 11.8 Å². The Morgan fingerprint density at radius 2 is 1.68 bits per heavy atom. The van der Waals surface area contributed by atoms with Gasteiger partial charge in [-0.1, -0.05) is 43.0 Å². The van der Waals surface area contributed by atoms with Crippen LogP contribution in [0.3, 0.4) is 0 Å². The van der Waals surface area contributed by atoms with Gasteiger partial charge in [0.1, 0.15) is 17.7 Å². The van der Waals surface area contributed by atoms with Crippen LogP contribution in [0.5, 0.6) is 0 Å². The molecule has 0 aromatic heterocycles. The zero-order valence-electron chi connectivity index (χ0n) is 24.9. The molecule has 0 spiro atoms. The first-order valence-corrected chi connectivity index (χ1v) is 15.2. The maximum absolute atomic E-state index is 14.4. The van der Waals surface area contributed by atoms with Gasteiger partial charge >= 0.3 is 6.09 Å². The predicted octanol–water partition coefficient (Wildman–Crippen LogP) is 6.07. The largest absolute Gasteiger partial charge is 0.444 e. The second-order valence-electron chi connectivity index (χ2n) is 12.5. The number of rotatable bonds is 9. The number of benzene rings is 1. The Hall–Kier alpha value is -2.22. The van der Waals surface area contributed by atoms with E-state index < -0.39 is 29.3 Å². The van der Waals surface area contributed by atoms with E-state index in [2.05, 4.69) is 10.6 Å². The van der Waals surface area contributed by atoms with Gasteiger partial charge in [-0.25, -0.2) is 4.79 Å². The van der Waals surface area contributed by atoms with Crippen LogP contribution in [-0.4, -0.2) is 58.0 Å².